The highest BCUT2D eigenvalue weighted by atomic mass is 16.3. The third kappa shape index (κ3) is 1.69. The van der Waals surface area contributed by atoms with Crippen molar-refractivity contribution in [3.8, 4) is 5.88 Å². The van der Waals surface area contributed by atoms with E-state index in [9.17, 15) is 5.11 Å². The number of aryl methyl sites for hydroxylation is 1. The quantitative estimate of drug-likeness (QED) is 0.653. The average molecular weight is 179 g/mol. The van der Waals surface area contributed by atoms with Gasteiger partial charge in [-0.25, -0.2) is 0 Å². The van der Waals surface area contributed by atoms with Crippen molar-refractivity contribution in [1.29, 1.82) is 0 Å². The first-order chi connectivity index (χ1) is 6.27. The highest BCUT2D eigenvalue weighted by molar-refractivity contribution is 5.12. The lowest BCUT2D eigenvalue weighted by Gasteiger charge is -2.22. The summed E-state index contributed by atoms with van der Waals surface area (Å²) in [4.78, 5) is 0. The maximum Gasteiger partial charge on any atom is 0.288 e. The van der Waals surface area contributed by atoms with Gasteiger partial charge in [0.1, 0.15) is 0 Å². The number of rotatable bonds is 1. The van der Waals surface area contributed by atoms with Crippen LogP contribution in [0.15, 0.2) is 6.07 Å². The average Bonchev–Trinajstić information content (AvgIpc) is 2.47. The molecule has 1 aliphatic carbocycles. The lowest BCUT2D eigenvalue weighted by atomic mass is 9.95. The van der Waals surface area contributed by atoms with Gasteiger partial charge in [-0.05, 0) is 19.8 Å². The Balaban J connectivity index is 2.18. The van der Waals surface area contributed by atoms with Crippen LogP contribution in [0.2, 0.25) is 0 Å². The molecule has 2 rings (SSSR count). The van der Waals surface area contributed by atoms with Crippen LogP contribution in [0.3, 0.4) is 0 Å². The standard InChI is InChI=1S/C10H15N2O/c1-8-7-10(13)11-12(8)9-5-3-2-4-6-9/h7,9H,2-6H2,1H3. The molecule has 1 fully saturated rings. The molecule has 0 N–H and O–H groups in total. The molecule has 3 heteroatoms. The molecule has 1 aromatic rings. The van der Waals surface area contributed by atoms with Gasteiger partial charge in [-0.3, -0.25) is 9.79 Å². The SMILES string of the molecule is Cc1cc([O])nn1C1CCCCC1. The first-order valence-electron chi connectivity index (χ1n) is 5.00. The Morgan fingerprint density at radius 3 is 2.62 bits per heavy atom. The maximum absolute atomic E-state index is 11.0. The number of aromatic nitrogens is 2. The summed E-state index contributed by atoms with van der Waals surface area (Å²) in [5, 5.41) is 15.0. The number of hydrogen-bond donors (Lipinski definition) is 0. The minimum atomic E-state index is -0.0944. The fourth-order valence-corrected chi connectivity index (χ4v) is 2.15. The van der Waals surface area contributed by atoms with Gasteiger partial charge in [-0.2, -0.15) is 0 Å². The van der Waals surface area contributed by atoms with Crippen molar-refractivity contribution in [3.63, 3.8) is 0 Å². The van der Waals surface area contributed by atoms with Crippen LogP contribution in [-0.4, -0.2) is 9.78 Å². The van der Waals surface area contributed by atoms with Crippen LogP contribution in [-0.2, 0) is 5.11 Å². The molecule has 1 saturated carbocycles. The summed E-state index contributed by atoms with van der Waals surface area (Å²) in [6.07, 6.45) is 6.25. The zero-order valence-electron chi connectivity index (χ0n) is 7.99. The van der Waals surface area contributed by atoms with E-state index in [0.717, 1.165) is 5.69 Å². The van der Waals surface area contributed by atoms with Gasteiger partial charge in [0.15, 0.2) is 0 Å². The topological polar surface area (TPSA) is 37.7 Å². The summed E-state index contributed by atoms with van der Waals surface area (Å²) in [7, 11) is 0. The minimum absolute atomic E-state index is 0.0944. The summed E-state index contributed by atoms with van der Waals surface area (Å²) in [6.45, 7) is 1.96. The second kappa shape index (κ2) is 3.40. The van der Waals surface area contributed by atoms with Crippen molar-refractivity contribution in [2.45, 2.75) is 45.1 Å². The summed E-state index contributed by atoms with van der Waals surface area (Å²) in [6, 6.07) is 2.10. The summed E-state index contributed by atoms with van der Waals surface area (Å²) in [5.74, 6) is -0.0944. The summed E-state index contributed by atoms with van der Waals surface area (Å²) < 4.78 is 1.92. The van der Waals surface area contributed by atoms with Gasteiger partial charge >= 0.3 is 0 Å². The van der Waals surface area contributed by atoms with Crippen LogP contribution >= 0.6 is 0 Å². The van der Waals surface area contributed by atoms with E-state index >= 15 is 0 Å². The maximum atomic E-state index is 11.0. The molecule has 0 aliphatic heterocycles. The van der Waals surface area contributed by atoms with Crippen molar-refractivity contribution < 1.29 is 5.11 Å². The predicted octanol–water partition coefficient (Wildman–Crippen LogP) is 2.84. The van der Waals surface area contributed by atoms with Crippen molar-refractivity contribution >= 4 is 0 Å². The van der Waals surface area contributed by atoms with Gasteiger partial charge in [0.25, 0.3) is 5.88 Å². The molecule has 0 spiro atoms. The molecule has 0 atom stereocenters. The van der Waals surface area contributed by atoms with Crippen molar-refractivity contribution in [2.75, 3.05) is 0 Å². The fourth-order valence-electron chi connectivity index (χ4n) is 2.15. The number of hydrogen-bond acceptors (Lipinski definition) is 1. The fraction of sp³-hybridized carbons (Fsp3) is 0.700. The Morgan fingerprint density at radius 1 is 1.38 bits per heavy atom. The smallest absolute Gasteiger partial charge is 0.266 e. The van der Waals surface area contributed by atoms with E-state index in [-0.39, 0.29) is 5.88 Å². The van der Waals surface area contributed by atoms with Crippen molar-refractivity contribution in [1.82, 2.24) is 9.78 Å². The van der Waals surface area contributed by atoms with E-state index in [1.165, 1.54) is 32.1 Å². The van der Waals surface area contributed by atoms with Crippen LogP contribution in [0.5, 0.6) is 5.88 Å². The van der Waals surface area contributed by atoms with Gasteiger partial charge in [0.05, 0.1) is 6.04 Å². The van der Waals surface area contributed by atoms with Gasteiger partial charge in [-0.1, -0.05) is 19.3 Å². The Kier molecular flexibility index (Phi) is 2.25. The highest BCUT2D eigenvalue weighted by Crippen LogP contribution is 2.29. The first-order valence-corrected chi connectivity index (χ1v) is 5.00. The van der Waals surface area contributed by atoms with Crippen LogP contribution in [0, 0.1) is 6.92 Å². The lowest BCUT2D eigenvalue weighted by molar-refractivity contribution is 0.295. The van der Waals surface area contributed by atoms with Gasteiger partial charge in [0, 0.05) is 11.8 Å². The second-order valence-electron chi connectivity index (χ2n) is 3.86. The third-order valence-corrected chi connectivity index (χ3v) is 2.82. The second-order valence-corrected chi connectivity index (χ2v) is 3.86. The molecule has 3 nitrogen and oxygen atoms in total. The summed E-state index contributed by atoms with van der Waals surface area (Å²) in [5.41, 5.74) is 1.01. The molecule has 0 aromatic carbocycles. The Labute approximate surface area is 78.4 Å². The largest absolute Gasteiger partial charge is 0.288 e. The molecule has 1 aliphatic rings. The van der Waals surface area contributed by atoms with Crippen LogP contribution in [0.4, 0.5) is 0 Å². The van der Waals surface area contributed by atoms with E-state index in [1.807, 2.05) is 11.6 Å². The van der Waals surface area contributed by atoms with Gasteiger partial charge in [0.2, 0.25) is 0 Å². The van der Waals surface area contributed by atoms with Crippen molar-refractivity contribution in [2.24, 2.45) is 0 Å². The normalized spacial score (nSPS) is 19.2. The molecule has 1 heterocycles. The minimum Gasteiger partial charge on any atom is -0.266 e. The molecule has 0 bridgehead atoms. The zero-order valence-corrected chi connectivity index (χ0v) is 7.99. The Bertz CT molecular complexity index is 287. The van der Waals surface area contributed by atoms with Gasteiger partial charge < -0.3 is 0 Å². The van der Waals surface area contributed by atoms with Crippen molar-refractivity contribution in [3.05, 3.63) is 11.8 Å². The molecular formula is C10H15N2O. The molecule has 0 saturated heterocycles. The monoisotopic (exact) mass is 179 g/mol. The molecule has 1 radical (unpaired) electrons. The molecule has 1 aromatic heterocycles. The Morgan fingerprint density at radius 2 is 2.08 bits per heavy atom. The molecule has 71 valence electrons. The van der Waals surface area contributed by atoms with E-state index in [2.05, 4.69) is 5.10 Å². The molecule has 0 unspecified atom stereocenters. The van der Waals surface area contributed by atoms with Crippen LogP contribution in [0.1, 0.15) is 43.8 Å². The molecule has 13 heavy (non-hydrogen) atoms. The third-order valence-electron chi connectivity index (χ3n) is 2.82. The first kappa shape index (κ1) is 8.60. The van der Waals surface area contributed by atoms with Crippen LogP contribution < -0.4 is 0 Å². The lowest BCUT2D eigenvalue weighted by Crippen LogP contribution is -2.15. The van der Waals surface area contributed by atoms with Crippen LogP contribution in [0.25, 0.3) is 0 Å². The molecular weight excluding hydrogens is 164 g/mol. The van der Waals surface area contributed by atoms with E-state index in [4.69, 9.17) is 0 Å². The van der Waals surface area contributed by atoms with Gasteiger partial charge in [-0.15, -0.1) is 5.10 Å². The highest BCUT2D eigenvalue weighted by Gasteiger charge is 2.18. The van der Waals surface area contributed by atoms with E-state index in [1.54, 1.807) is 6.07 Å². The number of nitrogens with zero attached hydrogens (tertiary/aromatic N) is 2. The predicted molar refractivity (Wildman–Crippen MR) is 49.2 cm³/mol. The van der Waals surface area contributed by atoms with E-state index in [0.29, 0.717) is 6.04 Å². The molecule has 0 amide bonds. The van der Waals surface area contributed by atoms with E-state index < -0.39 is 0 Å². The Hall–Kier alpha value is -0.990. The summed E-state index contributed by atoms with van der Waals surface area (Å²) >= 11 is 0. The zero-order chi connectivity index (χ0) is 9.26.